The van der Waals surface area contributed by atoms with Crippen molar-refractivity contribution < 1.29 is 0 Å². The molecule has 3 rings (SSSR count). The van der Waals surface area contributed by atoms with E-state index in [2.05, 4.69) is 20.5 Å². The van der Waals surface area contributed by atoms with Gasteiger partial charge >= 0.3 is 0 Å². The highest BCUT2D eigenvalue weighted by atomic mass is 16.1. The monoisotopic (exact) mass is 201 g/mol. The highest BCUT2D eigenvalue weighted by Gasteiger charge is 2.08. The fourth-order valence-electron chi connectivity index (χ4n) is 1.71. The second-order valence-corrected chi connectivity index (χ2v) is 3.34. The Morgan fingerprint density at radius 1 is 1.40 bits per heavy atom. The Kier molecular flexibility index (Phi) is 1.42. The highest BCUT2D eigenvalue weighted by Crippen LogP contribution is 2.13. The smallest absolute Gasteiger partial charge is 0.260 e. The molecule has 0 amide bonds. The van der Waals surface area contributed by atoms with Crippen molar-refractivity contribution in [3.63, 3.8) is 0 Å². The molecule has 0 aliphatic heterocycles. The second kappa shape index (κ2) is 2.63. The van der Waals surface area contributed by atoms with Gasteiger partial charge < -0.3 is 0 Å². The van der Waals surface area contributed by atoms with E-state index in [9.17, 15) is 4.79 Å². The summed E-state index contributed by atoms with van der Waals surface area (Å²) in [6.45, 7) is 1.92. The van der Waals surface area contributed by atoms with Gasteiger partial charge in [0.1, 0.15) is 0 Å². The molecule has 2 aromatic heterocycles. The molecule has 0 bridgehead atoms. The van der Waals surface area contributed by atoms with E-state index >= 15 is 0 Å². The molecule has 0 saturated carbocycles. The molecule has 3 aromatic rings. The van der Waals surface area contributed by atoms with Crippen molar-refractivity contribution in [3.8, 4) is 0 Å². The van der Waals surface area contributed by atoms with Gasteiger partial charge in [0.05, 0.1) is 10.9 Å². The van der Waals surface area contributed by atoms with Crippen LogP contribution < -0.4 is 5.56 Å². The summed E-state index contributed by atoms with van der Waals surface area (Å²) in [5, 5.41) is 11.7. The number of aromatic nitrogens is 5. The molecule has 0 aliphatic carbocycles. The number of H-pyrrole nitrogens is 1. The highest BCUT2D eigenvalue weighted by molar-refractivity contribution is 5.82. The zero-order chi connectivity index (χ0) is 10.4. The Balaban J connectivity index is 2.76. The van der Waals surface area contributed by atoms with E-state index in [0.29, 0.717) is 11.2 Å². The fourth-order valence-corrected chi connectivity index (χ4v) is 1.71. The molecular weight excluding hydrogens is 194 g/mol. The second-order valence-electron chi connectivity index (χ2n) is 3.34. The van der Waals surface area contributed by atoms with Gasteiger partial charge in [0, 0.05) is 0 Å². The third-order valence-corrected chi connectivity index (χ3v) is 2.39. The number of benzene rings is 1. The van der Waals surface area contributed by atoms with E-state index in [-0.39, 0.29) is 5.56 Å². The van der Waals surface area contributed by atoms with E-state index in [0.717, 1.165) is 11.1 Å². The Morgan fingerprint density at radius 2 is 2.27 bits per heavy atom. The maximum absolute atomic E-state index is 11.7. The summed E-state index contributed by atoms with van der Waals surface area (Å²) >= 11 is 0. The number of nitrogens with one attached hydrogen (secondary N) is 1. The van der Waals surface area contributed by atoms with Crippen LogP contribution in [0.15, 0.2) is 23.0 Å². The maximum Gasteiger partial charge on any atom is 0.260 e. The van der Waals surface area contributed by atoms with Crippen molar-refractivity contribution in [2.75, 3.05) is 0 Å². The molecule has 1 aromatic carbocycles. The Labute approximate surface area is 83.5 Å². The van der Waals surface area contributed by atoms with Gasteiger partial charge in [0.25, 0.3) is 11.3 Å². The minimum atomic E-state index is -0.170. The molecule has 74 valence electrons. The third-order valence-electron chi connectivity index (χ3n) is 2.39. The van der Waals surface area contributed by atoms with E-state index in [1.165, 1.54) is 4.52 Å². The first-order chi connectivity index (χ1) is 7.27. The van der Waals surface area contributed by atoms with Crippen LogP contribution in [0.25, 0.3) is 16.7 Å². The summed E-state index contributed by atoms with van der Waals surface area (Å²) in [5.74, 6) is 0.363. The lowest BCUT2D eigenvalue weighted by molar-refractivity contribution is 0.838. The summed E-state index contributed by atoms with van der Waals surface area (Å²) in [6, 6.07) is 5.51. The summed E-state index contributed by atoms with van der Waals surface area (Å²) in [4.78, 5) is 14.3. The molecule has 0 radical (unpaired) electrons. The van der Waals surface area contributed by atoms with Crippen LogP contribution in [0, 0.1) is 6.92 Å². The van der Waals surface area contributed by atoms with E-state index < -0.39 is 0 Å². The van der Waals surface area contributed by atoms with Gasteiger partial charge in [-0.1, -0.05) is 17.2 Å². The number of rotatable bonds is 0. The number of aryl methyl sites for hydroxylation is 1. The van der Waals surface area contributed by atoms with Gasteiger partial charge in [-0.25, -0.2) is 0 Å². The molecule has 0 aliphatic rings. The SMILES string of the molecule is Cc1cccc2c(=O)[nH]c3nnnn3c12. The quantitative estimate of drug-likeness (QED) is 0.566. The third kappa shape index (κ3) is 0.983. The Morgan fingerprint density at radius 3 is 3.13 bits per heavy atom. The molecule has 2 heterocycles. The lowest BCUT2D eigenvalue weighted by Gasteiger charge is -2.01. The minimum absolute atomic E-state index is 0.170. The fraction of sp³-hybridized carbons (Fsp3) is 0.111. The molecule has 0 saturated heterocycles. The molecule has 0 spiro atoms. The summed E-state index contributed by atoms with van der Waals surface area (Å²) in [5.41, 5.74) is 1.55. The van der Waals surface area contributed by atoms with Crippen molar-refractivity contribution in [2.24, 2.45) is 0 Å². The van der Waals surface area contributed by atoms with Crippen LogP contribution in [-0.2, 0) is 0 Å². The van der Waals surface area contributed by atoms with E-state index in [1.54, 1.807) is 6.07 Å². The largest absolute Gasteiger partial charge is 0.289 e. The number of aromatic amines is 1. The van der Waals surface area contributed by atoms with Crippen molar-refractivity contribution in [2.45, 2.75) is 6.92 Å². The first kappa shape index (κ1) is 8.10. The van der Waals surface area contributed by atoms with Gasteiger partial charge in [-0.05, 0) is 29.0 Å². The average Bonchev–Trinajstić information content (AvgIpc) is 2.66. The van der Waals surface area contributed by atoms with Gasteiger partial charge in [0.2, 0.25) is 0 Å². The molecule has 0 atom stereocenters. The first-order valence-corrected chi connectivity index (χ1v) is 4.47. The number of nitrogens with zero attached hydrogens (tertiary/aromatic N) is 4. The molecular formula is C9H7N5O. The van der Waals surface area contributed by atoms with Crippen LogP contribution in [-0.4, -0.2) is 25.0 Å². The minimum Gasteiger partial charge on any atom is -0.289 e. The zero-order valence-corrected chi connectivity index (χ0v) is 7.93. The molecule has 0 unspecified atom stereocenters. The molecule has 1 N–H and O–H groups in total. The van der Waals surface area contributed by atoms with E-state index in [1.807, 2.05) is 19.1 Å². The van der Waals surface area contributed by atoms with Crippen LogP contribution in [0.4, 0.5) is 0 Å². The standard InChI is InChI=1S/C9H7N5O/c1-5-3-2-4-6-7(5)14-9(10-8(6)15)11-12-13-14/h2-4H,1H3,(H,10,11,13,15). The van der Waals surface area contributed by atoms with Gasteiger partial charge in [0.15, 0.2) is 0 Å². The van der Waals surface area contributed by atoms with Gasteiger partial charge in [-0.3, -0.25) is 9.78 Å². The lowest BCUT2D eigenvalue weighted by Crippen LogP contribution is -2.11. The van der Waals surface area contributed by atoms with Crippen LogP contribution in [0.5, 0.6) is 0 Å². The Hall–Kier alpha value is -2.24. The first-order valence-electron chi connectivity index (χ1n) is 4.47. The normalized spacial score (nSPS) is 11.3. The summed E-state index contributed by atoms with van der Waals surface area (Å²) in [6.07, 6.45) is 0. The lowest BCUT2D eigenvalue weighted by atomic mass is 10.1. The van der Waals surface area contributed by atoms with Crippen molar-refractivity contribution in [3.05, 3.63) is 34.1 Å². The predicted molar refractivity (Wildman–Crippen MR) is 53.6 cm³/mol. The van der Waals surface area contributed by atoms with Crippen LogP contribution in [0.2, 0.25) is 0 Å². The zero-order valence-electron chi connectivity index (χ0n) is 7.93. The number of fused-ring (bicyclic) bond motifs is 3. The molecule has 6 nitrogen and oxygen atoms in total. The van der Waals surface area contributed by atoms with E-state index in [4.69, 9.17) is 0 Å². The summed E-state index contributed by atoms with van der Waals surface area (Å²) < 4.78 is 1.53. The van der Waals surface area contributed by atoms with Crippen LogP contribution >= 0.6 is 0 Å². The van der Waals surface area contributed by atoms with Gasteiger partial charge in [-0.2, -0.15) is 4.52 Å². The Bertz CT molecular complexity index is 711. The van der Waals surface area contributed by atoms with Crippen molar-refractivity contribution >= 4 is 16.7 Å². The predicted octanol–water partition coefficient (Wildman–Crippen LogP) is 0.274. The average molecular weight is 201 g/mol. The van der Waals surface area contributed by atoms with Crippen molar-refractivity contribution in [1.29, 1.82) is 0 Å². The number of para-hydroxylation sites is 1. The molecule has 0 fully saturated rings. The van der Waals surface area contributed by atoms with Crippen LogP contribution in [0.1, 0.15) is 5.56 Å². The maximum atomic E-state index is 11.7. The number of tetrazole rings is 1. The van der Waals surface area contributed by atoms with Crippen molar-refractivity contribution in [1.82, 2.24) is 25.0 Å². The molecule has 15 heavy (non-hydrogen) atoms. The van der Waals surface area contributed by atoms with Crippen LogP contribution in [0.3, 0.4) is 0 Å². The molecule has 6 heteroatoms. The topological polar surface area (TPSA) is 75.9 Å². The summed E-state index contributed by atoms with van der Waals surface area (Å²) in [7, 11) is 0. The van der Waals surface area contributed by atoms with Gasteiger partial charge in [-0.15, -0.1) is 0 Å². The number of hydrogen-bond acceptors (Lipinski definition) is 4. The number of hydrogen-bond donors (Lipinski definition) is 1.